The number of hydrogen-bond donors (Lipinski definition) is 0. The number of rotatable bonds is 4. The SMILES string of the molecule is O=S(=O)(Oc1cccc(CBr)c1)c1ccccc1. The standard InChI is InChI=1S/C13H11BrO3S/c14-10-11-5-4-6-12(9-11)17-18(15,16)13-7-2-1-3-8-13/h1-9H,10H2. The molecule has 2 rings (SSSR count). The number of benzene rings is 2. The lowest BCUT2D eigenvalue weighted by atomic mass is 10.2. The van der Waals surface area contributed by atoms with Crippen molar-refractivity contribution >= 4 is 26.0 Å². The summed E-state index contributed by atoms with van der Waals surface area (Å²) in [5.74, 6) is 0.316. The molecule has 0 aliphatic heterocycles. The molecule has 0 aliphatic carbocycles. The molecule has 0 spiro atoms. The lowest BCUT2D eigenvalue weighted by molar-refractivity contribution is 0.486. The fourth-order valence-electron chi connectivity index (χ4n) is 1.44. The fourth-order valence-corrected chi connectivity index (χ4v) is 2.73. The van der Waals surface area contributed by atoms with Crippen LogP contribution in [0.3, 0.4) is 0 Å². The van der Waals surface area contributed by atoms with Gasteiger partial charge in [-0.3, -0.25) is 0 Å². The molecule has 0 radical (unpaired) electrons. The molecule has 0 unspecified atom stereocenters. The zero-order chi connectivity index (χ0) is 13.0. The Hall–Kier alpha value is -1.33. The van der Waals surface area contributed by atoms with E-state index in [0.717, 1.165) is 5.56 Å². The topological polar surface area (TPSA) is 43.4 Å². The van der Waals surface area contributed by atoms with Crippen LogP contribution in [0.15, 0.2) is 59.5 Å². The normalized spacial score (nSPS) is 11.2. The summed E-state index contributed by atoms with van der Waals surface area (Å²) in [5, 5.41) is 0.648. The summed E-state index contributed by atoms with van der Waals surface area (Å²) >= 11 is 3.31. The van der Waals surface area contributed by atoms with E-state index in [-0.39, 0.29) is 4.90 Å². The van der Waals surface area contributed by atoms with Crippen LogP contribution in [0.4, 0.5) is 0 Å². The highest BCUT2D eigenvalue weighted by Crippen LogP contribution is 2.20. The minimum atomic E-state index is -3.75. The van der Waals surface area contributed by atoms with E-state index in [4.69, 9.17) is 4.18 Å². The summed E-state index contributed by atoms with van der Waals surface area (Å²) in [4.78, 5) is 0.147. The van der Waals surface area contributed by atoms with E-state index >= 15 is 0 Å². The van der Waals surface area contributed by atoms with Gasteiger partial charge in [0.05, 0.1) is 0 Å². The molecule has 2 aromatic rings. The third-order valence-electron chi connectivity index (χ3n) is 2.29. The third kappa shape index (κ3) is 3.11. The van der Waals surface area contributed by atoms with Crippen molar-refractivity contribution in [3.63, 3.8) is 0 Å². The molecule has 0 amide bonds. The summed E-state index contributed by atoms with van der Waals surface area (Å²) in [6.45, 7) is 0. The monoisotopic (exact) mass is 326 g/mol. The molecule has 0 saturated heterocycles. The van der Waals surface area contributed by atoms with Crippen LogP contribution < -0.4 is 4.18 Å². The van der Waals surface area contributed by atoms with Crippen LogP contribution in [0, 0.1) is 0 Å². The molecule has 94 valence electrons. The summed E-state index contributed by atoms with van der Waals surface area (Å²) in [5.41, 5.74) is 0.954. The van der Waals surface area contributed by atoms with Crippen LogP contribution in [-0.2, 0) is 15.4 Å². The van der Waals surface area contributed by atoms with Gasteiger partial charge < -0.3 is 4.18 Å². The van der Waals surface area contributed by atoms with Gasteiger partial charge in [-0.2, -0.15) is 8.42 Å². The average molecular weight is 327 g/mol. The largest absolute Gasteiger partial charge is 0.379 e. The molecule has 0 fully saturated rings. The Morgan fingerprint density at radius 2 is 1.72 bits per heavy atom. The van der Waals surface area contributed by atoms with E-state index in [9.17, 15) is 8.42 Å². The summed E-state index contributed by atoms with van der Waals surface area (Å²) in [7, 11) is -3.75. The van der Waals surface area contributed by atoms with Gasteiger partial charge in [0.25, 0.3) is 0 Å². The second-order valence-corrected chi connectivity index (χ2v) is 5.74. The molecule has 18 heavy (non-hydrogen) atoms. The average Bonchev–Trinajstić information content (AvgIpc) is 2.39. The van der Waals surface area contributed by atoms with E-state index in [1.54, 1.807) is 36.4 Å². The highest BCUT2D eigenvalue weighted by molar-refractivity contribution is 9.08. The Labute approximate surface area is 115 Å². The van der Waals surface area contributed by atoms with Gasteiger partial charge >= 0.3 is 10.1 Å². The van der Waals surface area contributed by atoms with Crippen LogP contribution in [0.1, 0.15) is 5.56 Å². The molecule has 2 aromatic carbocycles. The second-order valence-electron chi connectivity index (χ2n) is 3.63. The van der Waals surface area contributed by atoms with Crippen molar-refractivity contribution in [1.29, 1.82) is 0 Å². The molecule has 0 aliphatic rings. The summed E-state index contributed by atoms with van der Waals surface area (Å²) in [6, 6.07) is 15.0. The minimum Gasteiger partial charge on any atom is -0.379 e. The highest BCUT2D eigenvalue weighted by atomic mass is 79.9. The van der Waals surface area contributed by atoms with Crippen molar-refractivity contribution in [1.82, 2.24) is 0 Å². The van der Waals surface area contributed by atoms with Crippen molar-refractivity contribution in [3.8, 4) is 5.75 Å². The Morgan fingerprint density at radius 1 is 1.00 bits per heavy atom. The van der Waals surface area contributed by atoms with Crippen LogP contribution in [0.2, 0.25) is 0 Å². The van der Waals surface area contributed by atoms with Gasteiger partial charge in [0.2, 0.25) is 0 Å². The zero-order valence-corrected chi connectivity index (χ0v) is 11.8. The van der Waals surface area contributed by atoms with Gasteiger partial charge in [0.15, 0.2) is 0 Å². The van der Waals surface area contributed by atoms with Crippen LogP contribution in [0.5, 0.6) is 5.75 Å². The van der Waals surface area contributed by atoms with Gasteiger partial charge in [-0.05, 0) is 29.8 Å². The maximum Gasteiger partial charge on any atom is 0.339 e. The summed E-state index contributed by atoms with van der Waals surface area (Å²) in [6.07, 6.45) is 0. The predicted molar refractivity (Wildman–Crippen MR) is 73.3 cm³/mol. The highest BCUT2D eigenvalue weighted by Gasteiger charge is 2.15. The first kappa shape index (κ1) is 13.1. The molecule has 0 bridgehead atoms. The first-order valence-electron chi connectivity index (χ1n) is 5.26. The molecule has 0 heterocycles. The van der Waals surface area contributed by atoms with Gasteiger partial charge in [-0.1, -0.05) is 46.3 Å². The molecule has 5 heteroatoms. The molecule has 3 nitrogen and oxygen atoms in total. The molecule has 0 aromatic heterocycles. The fraction of sp³-hybridized carbons (Fsp3) is 0.0769. The number of hydrogen-bond acceptors (Lipinski definition) is 3. The van der Waals surface area contributed by atoms with Crippen LogP contribution >= 0.6 is 15.9 Å². The third-order valence-corrected chi connectivity index (χ3v) is 4.20. The molecule has 0 atom stereocenters. The predicted octanol–water partition coefficient (Wildman–Crippen LogP) is 3.35. The number of alkyl halides is 1. The van der Waals surface area contributed by atoms with Crippen LogP contribution in [-0.4, -0.2) is 8.42 Å². The first-order chi connectivity index (χ1) is 8.62. The van der Waals surface area contributed by atoms with Gasteiger partial charge in [-0.25, -0.2) is 0 Å². The number of halogens is 1. The smallest absolute Gasteiger partial charge is 0.339 e. The molecule has 0 N–H and O–H groups in total. The van der Waals surface area contributed by atoms with E-state index in [2.05, 4.69) is 15.9 Å². The summed E-state index contributed by atoms with van der Waals surface area (Å²) < 4.78 is 29.0. The van der Waals surface area contributed by atoms with Gasteiger partial charge in [0.1, 0.15) is 10.6 Å². The van der Waals surface area contributed by atoms with E-state index in [0.29, 0.717) is 11.1 Å². The van der Waals surface area contributed by atoms with Crippen molar-refractivity contribution in [3.05, 3.63) is 60.2 Å². The Bertz CT molecular complexity index is 624. The molecular formula is C13H11BrO3S. The zero-order valence-electron chi connectivity index (χ0n) is 9.41. The molecule has 0 saturated carbocycles. The minimum absolute atomic E-state index is 0.147. The van der Waals surface area contributed by atoms with E-state index in [1.807, 2.05) is 6.07 Å². The Kier molecular flexibility index (Phi) is 4.04. The van der Waals surface area contributed by atoms with Gasteiger partial charge in [0, 0.05) is 5.33 Å². The second kappa shape index (κ2) is 5.54. The van der Waals surface area contributed by atoms with Crippen LogP contribution in [0.25, 0.3) is 0 Å². The van der Waals surface area contributed by atoms with Crippen molar-refractivity contribution < 1.29 is 12.6 Å². The van der Waals surface area contributed by atoms with E-state index < -0.39 is 10.1 Å². The maximum atomic E-state index is 12.0. The lowest BCUT2D eigenvalue weighted by Gasteiger charge is -2.07. The van der Waals surface area contributed by atoms with Crippen molar-refractivity contribution in [2.75, 3.05) is 0 Å². The molecular weight excluding hydrogens is 316 g/mol. The Morgan fingerprint density at radius 3 is 2.39 bits per heavy atom. The maximum absolute atomic E-state index is 12.0. The first-order valence-corrected chi connectivity index (χ1v) is 7.79. The van der Waals surface area contributed by atoms with Crippen molar-refractivity contribution in [2.24, 2.45) is 0 Å². The van der Waals surface area contributed by atoms with Crippen molar-refractivity contribution in [2.45, 2.75) is 10.2 Å². The van der Waals surface area contributed by atoms with Gasteiger partial charge in [-0.15, -0.1) is 0 Å². The lowest BCUT2D eigenvalue weighted by Crippen LogP contribution is -2.09. The Balaban J connectivity index is 2.28. The van der Waals surface area contributed by atoms with E-state index in [1.165, 1.54) is 12.1 Å². The quantitative estimate of drug-likeness (QED) is 0.639.